The summed E-state index contributed by atoms with van der Waals surface area (Å²) in [5.41, 5.74) is 2.23. The molecule has 0 radical (unpaired) electrons. The molecule has 0 aliphatic carbocycles. The smallest absolute Gasteiger partial charge is 0.259 e. The van der Waals surface area contributed by atoms with Crippen molar-refractivity contribution in [3.05, 3.63) is 78.2 Å². The highest BCUT2D eigenvalue weighted by molar-refractivity contribution is 7.18. The number of carbonyl (C=O) groups is 1. The Bertz CT molecular complexity index is 1310. The number of amides is 1. The van der Waals surface area contributed by atoms with E-state index in [1.165, 1.54) is 17.5 Å². The average molecular weight is 518 g/mol. The molecule has 37 heavy (non-hydrogen) atoms. The summed E-state index contributed by atoms with van der Waals surface area (Å²) >= 11 is 1.28. The van der Waals surface area contributed by atoms with E-state index in [0.717, 1.165) is 37.2 Å². The first-order valence-corrected chi connectivity index (χ1v) is 12.9. The topological polar surface area (TPSA) is 108 Å². The summed E-state index contributed by atoms with van der Waals surface area (Å²) in [5.74, 6) is 0.787. The maximum absolute atomic E-state index is 13.0. The van der Waals surface area contributed by atoms with Gasteiger partial charge in [-0.3, -0.25) is 15.1 Å². The molecule has 3 aromatic heterocycles. The van der Waals surface area contributed by atoms with Gasteiger partial charge in [0.1, 0.15) is 11.1 Å². The monoisotopic (exact) mass is 517 g/mol. The molecular formula is C27H27N5O4S. The zero-order valence-corrected chi connectivity index (χ0v) is 21.2. The van der Waals surface area contributed by atoms with Crippen LogP contribution in [-0.2, 0) is 4.74 Å². The highest BCUT2D eigenvalue weighted by atomic mass is 32.1. The van der Waals surface area contributed by atoms with Gasteiger partial charge in [0.2, 0.25) is 5.13 Å². The third kappa shape index (κ3) is 6.46. The number of benzene rings is 1. The van der Waals surface area contributed by atoms with Crippen LogP contribution in [0, 0.1) is 5.92 Å². The maximum atomic E-state index is 13.0. The Kier molecular flexibility index (Phi) is 7.97. The van der Waals surface area contributed by atoms with Crippen LogP contribution >= 0.6 is 11.3 Å². The second kappa shape index (κ2) is 11.9. The van der Waals surface area contributed by atoms with Gasteiger partial charge in [-0.25, -0.2) is 4.98 Å². The highest BCUT2D eigenvalue weighted by Gasteiger charge is 2.20. The quantitative estimate of drug-likeness (QED) is 0.323. The van der Waals surface area contributed by atoms with Crippen LogP contribution in [0.1, 0.15) is 41.8 Å². The molecule has 4 heterocycles. The van der Waals surface area contributed by atoms with E-state index in [9.17, 15) is 4.79 Å². The third-order valence-corrected chi connectivity index (χ3v) is 6.91. The van der Waals surface area contributed by atoms with E-state index < -0.39 is 0 Å². The maximum Gasteiger partial charge on any atom is 0.259 e. The lowest BCUT2D eigenvalue weighted by Gasteiger charge is -2.23. The number of anilines is 1. The lowest BCUT2D eigenvalue weighted by molar-refractivity contribution is 0.0488. The summed E-state index contributed by atoms with van der Waals surface area (Å²) in [6, 6.07) is 15.2. The number of hydrogen-bond donors (Lipinski definition) is 1. The van der Waals surface area contributed by atoms with Crippen molar-refractivity contribution in [2.45, 2.75) is 25.9 Å². The molecule has 190 valence electrons. The number of hydrogen-bond acceptors (Lipinski definition) is 9. The van der Waals surface area contributed by atoms with Gasteiger partial charge in [-0.15, -0.1) is 10.2 Å². The molecule has 1 N–H and O–H groups in total. The first kappa shape index (κ1) is 24.8. The van der Waals surface area contributed by atoms with Crippen molar-refractivity contribution < 1.29 is 19.0 Å². The zero-order chi connectivity index (χ0) is 25.5. The predicted octanol–water partition coefficient (Wildman–Crippen LogP) is 5.19. The van der Waals surface area contributed by atoms with E-state index in [2.05, 4.69) is 25.5 Å². The molecule has 0 bridgehead atoms. The lowest BCUT2D eigenvalue weighted by atomic mass is 10.0. The van der Waals surface area contributed by atoms with Crippen molar-refractivity contribution >= 4 is 22.4 Å². The Hall–Kier alpha value is -3.89. The van der Waals surface area contributed by atoms with Crippen LogP contribution in [0.15, 0.2) is 67.1 Å². The molecule has 9 nitrogen and oxygen atoms in total. The lowest BCUT2D eigenvalue weighted by Crippen LogP contribution is -2.22. The SMILES string of the molecule is CC(Oc1ncc(C(=O)Nc2nnc(-c3ccncc3)s2)cc1OCC1CCOCC1)c1ccccc1. The van der Waals surface area contributed by atoms with Gasteiger partial charge in [0.25, 0.3) is 11.8 Å². The van der Waals surface area contributed by atoms with E-state index in [1.807, 2.05) is 49.4 Å². The summed E-state index contributed by atoms with van der Waals surface area (Å²) in [7, 11) is 0. The van der Waals surface area contributed by atoms with Crippen LogP contribution in [0.5, 0.6) is 11.6 Å². The largest absolute Gasteiger partial charge is 0.488 e. The minimum absolute atomic E-state index is 0.244. The third-order valence-electron chi connectivity index (χ3n) is 6.03. The first-order valence-electron chi connectivity index (χ1n) is 12.1. The molecule has 4 aromatic rings. The fourth-order valence-electron chi connectivity index (χ4n) is 3.88. The molecule has 1 aromatic carbocycles. The predicted molar refractivity (Wildman–Crippen MR) is 140 cm³/mol. The molecule has 1 aliphatic heterocycles. The van der Waals surface area contributed by atoms with E-state index in [-0.39, 0.29) is 12.0 Å². The van der Waals surface area contributed by atoms with Crippen LogP contribution < -0.4 is 14.8 Å². The summed E-state index contributed by atoms with van der Waals surface area (Å²) in [6.07, 6.45) is 6.47. The normalized spacial score (nSPS) is 14.6. The van der Waals surface area contributed by atoms with Gasteiger partial charge < -0.3 is 14.2 Å². The molecule has 1 atom stereocenters. The van der Waals surface area contributed by atoms with Gasteiger partial charge in [-0.2, -0.15) is 0 Å². The van der Waals surface area contributed by atoms with Gasteiger partial charge in [0.05, 0.1) is 12.2 Å². The second-order valence-corrected chi connectivity index (χ2v) is 9.64. The van der Waals surface area contributed by atoms with Gasteiger partial charge >= 0.3 is 0 Å². The highest BCUT2D eigenvalue weighted by Crippen LogP contribution is 2.32. The van der Waals surface area contributed by atoms with Crippen molar-refractivity contribution in [2.24, 2.45) is 5.92 Å². The van der Waals surface area contributed by atoms with Crippen molar-refractivity contribution in [1.29, 1.82) is 0 Å². The Labute approximate surface area is 218 Å². The number of carbonyl (C=O) groups excluding carboxylic acids is 1. The van der Waals surface area contributed by atoms with Gasteiger partial charge in [-0.05, 0) is 43.4 Å². The van der Waals surface area contributed by atoms with Crippen molar-refractivity contribution in [1.82, 2.24) is 20.2 Å². The second-order valence-electron chi connectivity index (χ2n) is 8.67. The van der Waals surface area contributed by atoms with Crippen LogP contribution in [0.25, 0.3) is 10.6 Å². The van der Waals surface area contributed by atoms with Crippen molar-refractivity contribution in [2.75, 3.05) is 25.1 Å². The molecule has 1 amide bonds. The Morgan fingerprint density at radius 3 is 2.70 bits per heavy atom. The number of nitrogens with one attached hydrogen (secondary N) is 1. The summed E-state index contributed by atoms with van der Waals surface area (Å²) in [5, 5.41) is 12.1. The minimum atomic E-state index is -0.358. The van der Waals surface area contributed by atoms with Crippen LogP contribution in [-0.4, -0.2) is 45.9 Å². The fraction of sp³-hybridized carbons (Fsp3) is 0.296. The summed E-state index contributed by atoms with van der Waals surface area (Å²) < 4.78 is 17.8. The number of aromatic nitrogens is 4. The molecular weight excluding hydrogens is 490 g/mol. The zero-order valence-electron chi connectivity index (χ0n) is 20.4. The van der Waals surface area contributed by atoms with Crippen LogP contribution in [0.4, 0.5) is 5.13 Å². The van der Waals surface area contributed by atoms with E-state index >= 15 is 0 Å². The van der Waals surface area contributed by atoms with Gasteiger partial charge in [0.15, 0.2) is 5.75 Å². The van der Waals surface area contributed by atoms with Crippen LogP contribution in [0.3, 0.4) is 0 Å². The molecule has 0 spiro atoms. The van der Waals surface area contributed by atoms with E-state index in [0.29, 0.717) is 39.9 Å². The van der Waals surface area contributed by atoms with E-state index in [1.54, 1.807) is 18.5 Å². The molecule has 0 saturated carbocycles. The number of ether oxygens (including phenoxy) is 3. The Morgan fingerprint density at radius 2 is 1.92 bits per heavy atom. The summed E-state index contributed by atoms with van der Waals surface area (Å²) in [6.45, 7) is 3.91. The van der Waals surface area contributed by atoms with Gasteiger partial charge in [0, 0.05) is 43.4 Å². The van der Waals surface area contributed by atoms with Crippen molar-refractivity contribution in [3.63, 3.8) is 0 Å². The standard InChI is InChI=1S/C27H27N5O4S/c1-18(20-5-3-2-4-6-20)36-25-23(35-17-19-9-13-34-14-10-19)15-22(16-29-25)24(33)30-27-32-31-26(37-27)21-7-11-28-12-8-21/h2-8,11-12,15-16,18-19H,9-10,13-14,17H2,1H3,(H,30,32,33). The fourth-order valence-corrected chi connectivity index (χ4v) is 4.63. The summed E-state index contributed by atoms with van der Waals surface area (Å²) in [4.78, 5) is 21.5. The molecule has 5 rings (SSSR count). The molecule has 1 fully saturated rings. The Balaban J connectivity index is 1.33. The number of pyridine rings is 2. The van der Waals surface area contributed by atoms with E-state index in [4.69, 9.17) is 14.2 Å². The first-order chi connectivity index (χ1) is 18.2. The average Bonchev–Trinajstić information content (AvgIpc) is 3.42. The number of rotatable bonds is 9. The molecule has 1 unspecified atom stereocenters. The molecule has 1 saturated heterocycles. The molecule has 10 heteroatoms. The minimum Gasteiger partial charge on any atom is -0.488 e. The van der Waals surface area contributed by atoms with Crippen molar-refractivity contribution in [3.8, 4) is 22.2 Å². The Morgan fingerprint density at radius 1 is 1.14 bits per heavy atom. The molecule has 1 aliphatic rings. The number of nitrogens with zero attached hydrogens (tertiary/aromatic N) is 4. The van der Waals surface area contributed by atoms with Crippen LogP contribution in [0.2, 0.25) is 0 Å². The van der Waals surface area contributed by atoms with Gasteiger partial charge in [-0.1, -0.05) is 41.7 Å².